The van der Waals surface area contributed by atoms with Crippen LogP contribution < -0.4 is 4.72 Å². The topological polar surface area (TPSA) is 59.1 Å². The molecule has 0 amide bonds. The summed E-state index contributed by atoms with van der Waals surface area (Å²) in [6.45, 7) is 1.59. The molecule has 0 unspecified atom stereocenters. The smallest absolute Gasteiger partial charge is 0.264 e. The fourth-order valence-corrected chi connectivity index (χ4v) is 2.91. The van der Waals surface area contributed by atoms with Crippen molar-refractivity contribution >= 4 is 27.3 Å². The molecule has 0 bridgehead atoms. The van der Waals surface area contributed by atoms with Crippen LogP contribution in [-0.4, -0.2) is 13.4 Å². The molecule has 0 radical (unpaired) electrons. The van der Waals surface area contributed by atoms with Gasteiger partial charge in [0.15, 0.2) is 0 Å². The van der Waals surface area contributed by atoms with Crippen LogP contribution in [0.2, 0.25) is 5.02 Å². The highest BCUT2D eigenvalue weighted by Gasteiger charge is 2.18. The normalized spacial score (nSPS) is 11.3. The first-order valence-corrected chi connectivity index (χ1v) is 7.15. The summed E-state index contributed by atoms with van der Waals surface area (Å²) < 4.78 is 39.7. The second kappa shape index (κ2) is 5.14. The van der Waals surface area contributed by atoms with Gasteiger partial charge in [0.1, 0.15) is 10.7 Å². The van der Waals surface area contributed by atoms with E-state index in [1.807, 2.05) is 0 Å². The lowest BCUT2D eigenvalue weighted by molar-refractivity contribution is 0.600. The molecule has 0 fully saturated rings. The molecule has 1 N–H and O–H groups in total. The number of sulfonamides is 1. The molecular formula is C12H10ClFN2O2S. The van der Waals surface area contributed by atoms with Gasteiger partial charge in [-0.1, -0.05) is 17.7 Å². The molecule has 7 heteroatoms. The molecule has 4 nitrogen and oxygen atoms in total. The number of hydrogen-bond donors (Lipinski definition) is 1. The van der Waals surface area contributed by atoms with E-state index in [1.165, 1.54) is 24.4 Å². The molecule has 0 aliphatic rings. The third kappa shape index (κ3) is 3.02. The van der Waals surface area contributed by atoms with Gasteiger partial charge in [0.2, 0.25) is 0 Å². The van der Waals surface area contributed by atoms with Gasteiger partial charge in [-0.05, 0) is 30.7 Å². The molecule has 0 spiro atoms. The highest BCUT2D eigenvalue weighted by atomic mass is 35.5. The minimum Gasteiger partial charge on any atom is -0.279 e. The summed E-state index contributed by atoms with van der Waals surface area (Å²) in [5.74, 6) is -0.488. The van der Waals surface area contributed by atoms with Crippen LogP contribution in [0.15, 0.2) is 41.6 Å². The van der Waals surface area contributed by atoms with Crippen LogP contribution in [0.3, 0.4) is 0 Å². The molecule has 0 saturated heterocycles. The Morgan fingerprint density at radius 3 is 2.68 bits per heavy atom. The van der Waals surface area contributed by atoms with Crippen LogP contribution in [0.5, 0.6) is 0 Å². The van der Waals surface area contributed by atoms with Crippen LogP contribution in [-0.2, 0) is 10.0 Å². The molecule has 2 aromatic rings. The van der Waals surface area contributed by atoms with Crippen LogP contribution in [0.4, 0.5) is 10.1 Å². The Hall–Kier alpha value is -1.66. The summed E-state index contributed by atoms with van der Waals surface area (Å²) in [5, 5.41) is 0.0510. The number of rotatable bonds is 3. The van der Waals surface area contributed by atoms with Gasteiger partial charge in [-0.25, -0.2) is 12.8 Å². The second-order valence-corrected chi connectivity index (χ2v) is 5.93. The molecule has 0 aliphatic carbocycles. The van der Waals surface area contributed by atoms with Gasteiger partial charge in [-0.3, -0.25) is 9.71 Å². The first-order valence-electron chi connectivity index (χ1n) is 5.28. The Morgan fingerprint density at radius 2 is 2.05 bits per heavy atom. The second-order valence-electron chi connectivity index (χ2n) is 3.88. The standard InChI is InChI=1S/C12H10ClFN2O2S/c1-8-2-3-9(6-11(8)14)16-19(17,18)12-7-15-5-4-10(12)13/h2-7,16H,1H3. The van der Waals surface area contributed by atoms with Crippen LogP contribution in [0.25, 0.3) is 0 Å². The Bertz CT molecular complexity index is 719. The van der Waals surface area contributed by atoms with E-state index in [-0.39, 0.29) is 15.6 Å². The van der Waals surface area contributed by atoms with Crippen LogP contribution in [0, 0.1) is 12.7 Å². The Balaban J connectivity index is 2.37. The van der Waals surface area contributed by atoms with E-state index in [0.717, 1.165) is 12.3 Å². The van der Waals surface area contributed by atoms with Gasteiger partial charge in [0.25, 0.3) is 10.0 Å². The number of hydrogen-bond acceptors (Lipinski definition) is 3. The molecule has 0 saturated carbocycles. The van der Waals surface area contributed by atoms with Crippen molar-refractivity contribution in [1.29, 1.82) is 0 Å². The summed E-state index contributed by atoms with van der Waals surface area (Å²) in [6, 6.07) is 5.43. The lowest BCUT2D eigenvalue weighted by atomic mass is 10.2. The zero-order valence-electron chi connectivity index (χ0n) is 9.89. The minimum atomic E-state index is -3.88. The van der Waals surface area contributed by atoms with Gasteiger partial charge in [-0.15, -0.1) is 0 Å². The van der Waals surface area contributed by atoms with Crippen LogP contribution >= 0.6 is 11.6 Å². The van der Waals surface area contributed by atoms with E-state index in [0.29, 0.717) is 5.56 Å². The Kier molecular flexibility index (Phi) is 3.73. The number of aromatic nitrogens is 1. The third-order valence-electron chi connectivity index (χ3n) is 2.45. The molecule has 1 heterocycles. The zero-order valence-corrected chi connectivity index (χ0v) is 11.5. The number of pyridine rings is 1. The molecule has 1 aromatic carbocycles. The maximum Gasteiger partial charge on any atom is 0.264 e. The van der Waals surface area contributed by atoms with Crippen molar-refractivity contribution in [3.05, 3.63) is 53.1 Å². The molecule has 2 rings (SSSR count). The third-order valence-corrected chi connectivity index (χ3v) is 4.30. The average Bonchev–Trinajstić information content (AvgIpc) is 2.34. The predicted molar refractivity (Wildman–Crippen MR) is 71.2 cm³/mol. The van der Waals surface area contributed by atoms with E-state index in [1.54, 1.807) is 6.92 Å². The minimum absolute atomic E-state index is 0.0510. The van der Waals surface area contributed by atoms with Crippen molar-refractivity contribution in [3.63, 3.8) is 0 Å². The number of halogens is 2. The summed E-state index contributed by atoms with van der Waals surface area (Å²) in [6.07, 6.45) is 2.52. The zero-order chi connectivity index (χ0) is 14.0. The van der Waals surface area contributed by atoms with Crippen molar-refractivity contribution in [2.45, 2.75) is 11.8 Å². The fourth-order valence-electron chi connectivity index (χ4n) is 1.43. The largest absolute Gasteiger partial charge is 0.279 e. The van der Waals surface area contributed by atoms with E-state index in [2.05, 4.69) is 9.71 Å². The fraction of sp³-hybridized carbons (Fsp3) is 0.0833. The molecular weight excluding hydrogens is 291 g/mol. The van der Waals surface area contributed by atoms with Crippen LogP contribution in [0.1, 0.15) is 5.56 Å². The van der Waals surface area contributed by atoms with Gasteiger partial charge in [0, 0.05) is 12.4 Å². The van der Waals surface area contributed by atoms with E-state index < -0.39 is 15.8 Å². The van der Waals surface area contributed by atoms with E-state index in [9.17, 15) is 12.8 Å². The van der Waals surface area contributed by atoms with Gasteiger partial charge >= 0.3 is 0 Å². The summed E-state index contributed by atoms with van der Waals surface area (Å²) in [7, 11) is -3.88. The SMILES string of the molecule is Cc1ccc(NS(=O)(=O)c2cnccc2Cl)cc1F. The van der Waals surface area contributed by atoms with Gasteiger partial charge in [0.05, 0.1) is 10.7 Å². The highest BCUT2D eigenvalue weighted by molar-refractivity contribution is 7.92. The maximum absolute atomic E-state index is 13.4. The molecule has 0 aliphatic heterocycles. The summed E-state index contributed by atoms with van der Waals surface area (Å²) >= 11 is 5.80. The lowest BCUT2D eigenvalue weighted by Gasteiger charge is -2.09. The first kappa shape index (κ1) is 13.8. The van der Waals surface area contributed by atoms with Gasteiger partial charge in [-0.2, -0.15) is 0 Å². The quantitative estimate of drug-likeness (QED) is 0.948. The van der Waals surface area contributed by atoms with Crippen molar-refractivity contribution in [3.8, 4) is 0 Å². The number of benzene rings is 1. The Morgan fingerprint density at radius 1 is 1.32 bits per heavy atom. The Labute approximate surface area is 115 Å². The summed E-state index contributed by atoms with van der Waals surface area (Å²) in [4.78, 5) is 3.55. The van der Waals surface area contributed by atoms with Crippen molar-refractivity contribution < 1.29 is 12.8 Å². The van der Waals surface area contributed by atoms with Crippen molar-refractivity contribution in [2.75, 3.05) is 4.72 Å². The monoisotopic (exact) mass is 300 g/mol. The molecule has 0 atom stereocenters. The van der Waals surface area contributed by atoms with Crippen molar-refractivity contribution in [1.82, 2.24) is 4.98 Å². The molecule has 100 valence electrons. The predicted octanol–water partition coefficient (Wildman–Crippen LogP) is 2.98. The molecule has 19 heavy (non-hydrogen) atoms. The number of aryl methyl sites for hydroxylation is 1. The number of anilines is 1. The highest BCUT2D eigenvalue weighted by Crippen LogP contribution is 2.23. The summed E-state index contributed by atoms with van der Waals surface area (Å²) in [5.41, 5.74) is 0.561. The number of nitrogens with one attached hydrogen (secondary N) is 1. The molecule has 1 aromatic heterocycles. The van der Waals surface area contributed by atoms with Crippen molar-refractivity contribution in [2.24, 2.45) is 0 Å². The van der Waals surface area contributed by atoms with Gasteiger partial charge < -0.3 is 0 Å². The van der Waals surface area contributed by atoms with E-state index >= 15 is 0 Å². The van der Waals surface area contributed by atoms with E-state index in [4.69, 9.17) is 11.6 Å². The lowest BCUT2D eigenvalue weighted by Crippen LogP contribution is -2.14. The number of nitrogens with zero attached hydrogens (tertiary/aromatic N) is 1. The maximum atomic E-state index is 13.4. The first-order chi connectivity index (χ1) is 8.90. The average molecular weight is 301 g/mol.